The van der Waals surface area contributed by atoms with Crippen molar-refractivity contribution in [2.45, 2.75) is 6.92 Å². The van der Waals surface area contributed by atoms with Crippen molar-refractivity contribution in [3.63, 3.8) is 0 Å². The summed E-state index contributed by atoms with van der Waals surface area (Å²) in [6, 6.07) is 3.26. The van der Waals surface area contributed by atoms with E-state index >= 15 is 0 Å². The number of hydrogen-bond acceptors (Lipinski definition) is 5. The standard InChI is InChI=1S/C10H12O4S/c1-2-13-10(12)7-15-6-8(11)9-4-3-5-14-9/h3-5H,2,6-7H2,1H3. The lowest BCUT2D eigenvalue weighted by Gasteiger charge is -2.00. The van der Waals surface area contributed by atoms with Gasteiger partial charge in [0.05, 0.1) is 24.4 Å². The summed E-state index contributed by atoms with van der Waals surface area (Å²) in [6.45, 7) is 2.11. The number of carbonyl (C=O) groups is 2. The Morgan fingerprint density at radius 1 is 1.47 bits per heavy atom. The predicted octanol–water partition coefficient (Wildman–Crippen LogP) is 1.76. The SMILES string of the molecule is CCOC(=O)CSCC(=O)c1ccco1. The van der Waals surface area contributed by atoms with Gasteiger partial charge in [-0.25, -0.2) is 0 Å². The Balaban J connectivity index is 2.21. The molecular weight excluding hydrogens is 216 g/mol. The molecule has 0 N–H and O–H groups in total. The van der Waals surface area contributed by atoms with Gasteiger partial charge in [0.1, 0.15) is 0 Å². The van der Waals surface area contributed by atoms with Crippen LogP contribution < -0.4 is 0 Å². The molecule has 0 saturated heterocycles. The van der Waals surface area contributed by atoms with Gasteiger partial charge in [-0.2, -0.15) is 0 Å². The van der Waals surface area contributed by atoms with Crippen molar-refractivity contribution in [1.29, 1.82) is 0 Å². The molecule has 4 nitrogen and oxygen atoms in total. The van der Waals surface area contributed by atoms with E-state index < -0.39 is 0 Å². The van der Waals surface area contributed by atoms with Crippen LogP contribution in [0.5, 0.6) is 0 Å². The van der Waals surface area contributed by atoms with Crippen LogP contribution in [-0.2, 0) is 9.53 Å². The highest BCUT2D eigenvalue weighted by atomic mass is 32.2. The normalized spacial score (nSPS) is 9.93. The molecule has 0 spiro atoms. The van der Waals surface area contributed by atoms with Crippen molar-refractivity contribution < 1.29 is 18.7 Å². The minimum Gasteiger partial charge on any atom is -0.465 e. The van der Waals surface area contributed by atoms with Crippen LogP contribution in [0.3, 0.4) is 0 Å². The molecule has 5 heteroatoms. The monoisotopic (exact) mass is 228 g/mol. The molecule has 15 heavy (non-hydrogen) atoms. The van der Waals surface area contributed by atoms with Crippen molar-refractivity contribution in [2.75, 3.05) is 18.1 Å². The second-order valence-electron chi connectivity index (χ2n) is 2.70. The fourth-order valence-electron chi connectivity index (χ4n) is 0.938. The van der Waals surface area contributed by atoms with Crippen LogP contribution in [0.15, 0.2) is 22.8 Å². The van der Waals surface area contributed by atoms with E-state index in [2.05, 4.69) is 0 Å². The van der Waals surface area contributed by atoms with Crippen LogP contribution in [0.2, 0.25) is 0 Å². The van der Waals surface area contributed by atoms with Crippen LogP contribution >= 0.6 is 11.8 Å². The molecular formula is C10H12O4S. The third kappa shape index (κ3) is 4.20. The van der Waals surface area contributed by atoms with Gasteiger partial charge in [0.15, 0.2) is 5.76 Å². The Labute approximate surface area is 92.0 Å². The van der Waals surface area contributed by atoms with Gasteiger partial charge in [0.2, 0.25) is 5.78 Å². The number of Topliss-reactive ketones (excluding diaryl/α,β-unsaturated/α-hetero) is 1. The van der Waals surface area contributed by atoms with E-state index in [1.807, 2.05) is 0 Å². The maximum absolute atomic E-state index is 11.4. The van der Waals surface area contributed by atoms with Gasteiger partial charge >= 0.3 is 5.97 Å². The number of ketones is 1. The second kappa shape index (κ2) is 6.29. The van der Waals surface area contributed by atoms with Gasteiger partial charge in [-0.05, 0) is 19.1 Å². The van der Waals surface area contributed by atoms with Gasteiger partial charge in [0, 0.05) is 0 Å². The highest BCUT2D eigenvalue weighted by Gasteiger charge is 2.10. The largest absolute Gasteiger partial charge is 0.465 e. The van der Waals surface area contributed by atoms with Crippen LogP contribution in [0.4, 0.5) is 0 Å². The summed E-state index contributed by atoms with van der Waals surface area (Å²) < 4.78 is 9.64. The van der Waals surface area contributed by atoms with E-state index in [0.717, 1.165) is 0 Å². The lowest BCUT2D eigenvalue weighted by Crippen LogP contribution is -2.09. The average Bonchev–Trinajstić information content (AvgIpc) is 2.70. The first-order valence-electron chi connectivity index (χ1n) is 4.54. The summed E-state index contributed by atoms with van der Waals surface area (Å²) in [5, 5.41) is 0. The first-order valence-corrected chi connectivity index (χ1v) is 5.69. The molecule has 0 unspecified atom stereocenters. The van der Waals surface area contributed by atoms with Crippen molar-refractivity contribution >= 4 is 23.5 Å². The third-order valence-electron chi connectivity index (χ3n) is 1.55. The van der Waals surface area contributed by atoms with E-state index in [0.29, 0.717) is 12.4 Å². The van der Waals surface area contributed by atoms with Crippen molar-refractivity contribution in [3.05, 3.63) is 24.2 Å². The summed E-state index contributed by atoms with van der Waals surface area (Å²) in [7, 11) is 0. The molecule has 0 amide bonds. The third-order valence-corrected chi connectivity index (χ3v) is 2.46. The average molecular weight is 228 g/mol. The summed E-state index contributed by atoms with van der Waals surface area (Å²) in [6.07, 6.45) is 1.45. The minimum atomic E-state index is -0.297. The Hall–Kier alpha value is -1.23. The van der Waals surface area contributed by atoms with Gasteiger partial charge < -0.3 is 9.15 Å². The lowest BCUT2D eigenvalue weighted by atomic mass is 10.3. The van der Waals surface area contributed by atoms with Gasteiger partial charge in [-0.3, -0.25) is 9.59 Å². The molecule has 0 aromatic carbocycles. The number of carbonyl (C=O) groups excluding carboxylic acids is 2. The Bertz CT molecular complexity index is 318. The molecule has 1 heterocycles. The van der Waals surface area contributed by atoms with E-state index in [1.54, 1.807) is 19.1 Å². The van der Waals surface area contributed by atoms with Crippen LogP contribution in [0.25, 0.3) is 0 Å². The fraction of sp³-hybridized carbons (Fsp3) is 0.400. The second-order valence-corrected chi connectivity index (χ2v) is 3.68. The molecule has 0 fully saturated rings. The number of hydrogen-bond donors (Lipinski definition) is 0. The number of esters is 1. The van der Waals surface area contributed by atoms with Crippen molar-refractivity contribution in [3.8, 4) is 0 Å². The maximum Gasteiger partial charge on any atom is 0.315 e. The minimum absolute atomic E-state index is 0.116. The van der Waals surface area contributed by atoms with E-state index in [4.69, 9.17) is 9.15 Å². The predicted molar refractivity (Wildman–Crippen MR) is 57.0 cm³/mol. The van der Waals surface area contributed by atoms with Crippen molar-refractivity contribution in [1.82, 2.24) is 0 Å². The quantitative estimate of drug-likeness (QED) is 0.548. The molecule has 0 atom stereocenters. The molecule has 0 bridgehead atoms. The zero-order chi connectivity index (χ0) is 11.1. The zero-order valence-corrected chi connectivity index (χ0v) is 9.21. The number of ether oxygens (including phenoxy) is 1. The van der Waals surface area contributed by atoms with E-state index in [1.165, 1.54) is 18.0 Å². The van der Waals surface area contributed by atoms with E-state index in [-0.39, 0.29) is 23.3 Å². The number of thioether (sulfide) groups is 1. The number of rotatable bonds is 6. The molecule has 1 aromatic heterocycles. The zero-order valence-electron chi connectivity index (χ0n) is 8.39. The molecule has 0 radical (unpaired) electrons. The molecule has 0 aliphatic carbocycles. The molecule has 0 aliphatic heterocycles. The molecule has 1 aromatic rings. The Morgan fingerprint density at radius 3 is 2.87 bits per heavy atom. The molecule has 0 aliphatic rings. The molecule has 1 rings (SSSR count). The van der Waals surface area contributed by atoms with Crippen LogP contribution in [-0.4, -0.2) is 29.9 Å². The topological polar surface area (TPSA) is 56.5 Å². The summed E-state index contributed by atoms with van der Waals surface area (Å²) >= 11 is 1.22. The highest BCUT2D eigenvalue weighted by molar-refractivity contribution is 8.00. The lowest BCUT2D eigenvalue weighted by molar-refractivity contribution is -0.139. The maximum atomic E-state index is 11.4. The van der Waals surface area contributed by atoms with Crippen LogP contribution in [0, 0.1) is 0 Å². The summed E-state index contributed by atoms with van der Waals surface area (Å²) in [5.41, 5.74) is 0. The summed E-state index contributed by atoms with van der Waals surface area (Å²) in [4.78, 5) is 22.3. The van der Waals surface area contributed by atoms with Gasteiger partial charge in [-0.15, -0.1) is 11.8 Å². The molecule has 82 valence electrons. The summed E-state index contributed by atoms with van der Waals surface area (Å²) in [5.74, 6) is 0.336. The first kappa shape index (κ1) is 11.8. The highest BCUT2D eigenvalue weighted by Crippen LogP contribution is 2.08. The van der Waals surface area contributed by atoms with Crippen LogP contribution in [0.1, 0.15) is 17.5 Å². The van der Waals surface area contributed by atoms with Gasteiger partial charge in [-0.1, -0.05) is 0 Å². The Kier molecular flexibility index (Phi) is 4.97. The molecule has 0 saturated carbocycles. The van der Waals surface area contributed by atoms with E-state index in [9.17, 15) is 9.59 Å². The van der Waals surface area contributed by atoms with Crippen molar-refractivity contribution in [2.24, 2.45) is 0 Å². The van der Waals surface area contributed by atoms with Gasteiger partial charge in [0.25, 0.3) is 0 Å². The number of furan rings is 1. The Morgan fingerprint density at radius 2 is 2.27 bits per heavy atom. The first-order chi connectivity index (χ1) is 7.24. The fourth-order valence-corrected chi connectivity index (χ4v) is 1.62. The smallest absolute Gasteiger partial charge is 0.315 e.